The van der Waals surface area contributed by atoms with Gasteiger partial charge in [-0.25, -0.2) is 8.78 Å². The van der Waals surface area contributed by atoms with Gasteiger partial charge in [-0.1, -0.05) is 18.2 Å². The Kier molecular flexibility index (Phi) is 5.69. The first-order chi connectivity index (χ1) is 10.2. The van der Waals surface area contributed by atoms with Crippen LogP contribution >= 0.6 is 0 Å². The molecule has 0 fully saturated rings. The SMILES string of the molecule is CNCCCC(Oc1cccc(F)c1)c1cccc(F)c1. The zero-order valence-corrected chi connectivity index (χ0v) is 12.0. The van der Waals surface area contributed by atoms with Crippen LogP contribution in [0.25, 0.3) is 0 Å². The second-order valence-electron chi connectivity index (χ2n) is 4.86. The highest BCUT2D eigenvalue weighted by Crippen LogP contribution is 2.26. The second-order valence-corrected chi connectivity index (χ2v) is 4.86. The standard InChI is InChI=1S/C17H19F2NO/c1-20-10-4-9-17(13-5-2-6-14(18)11-13)21-16-8-3-7-15(19)12-16/h2-3,5-8,11-12,17,20H,4,9-10H2,1H3. The third-order valence-corrected chi connectivity index (χ3v) is 3.19. The van der Waals surface area contributed by atoms with E-state index in [2.05, 4.69) is 5.32 Å². The number of ether oxygens (including phenoxy) is 1. The number of benzene rings is 2. The molecule has 0 heterocycles. The summed E-state index contributed by atoms with van der Waals surface area (Å²) in [5.41, 5.74) is 0.760. The minimum atomic E-state index is -0.347. The lowest BCUT2D eigenvalue weighted by Crippen LogP contribution is -2.13. The maximum absolute atomic E-state index is 13.4. The lowest BCUT2D eigenvalue weighted by molar-refractivity contribution is 0.190. The average Bonchev–Trinajstić information content (AvgIpc) is 2.46. The third kappa shape index (κ3) is 4.83. The van der Waals surface area contributed by atoms with E-state index in [0.29, 0.717) is 5.75 Å². The smallest absolute Gasteiger partial charge is 0.126 e. The molecule has 2 aromatic rings. The molecule has 4 heteroatoms. The van der Waals surface area contributed by atoms with E-state index < -0.39 is 0 Å². The van der Waals surface area contributed by atoms with Crippen molar-refractivity contribution < 1.29 is 13.5 Å². The summed E-state index contributed by atoms with van der Waals surface area (Å²) in [5, 5.41) is 3.07. The fourth-order valence-electron chi connectivity index (χ4n) is 2.17. The first-order valence-corrected chi connectivity index (χ1v) is 7.01. The van der Waals surface area contributed by atoms with Gasteiger partial charge in [-0.15, -0.1) is 0 Å². The Morgan fingerprint density at radius 3 is 2.43 bits per heavy atom. The van der Waals surface area contributed by atoms with Crippen LogP contribution in [0.4, 0.5) is 8.78 Å². The van der Waals surface area contributed by atoms with Crippen LogP contribution < -0.4 is 10.1 Å². The van der Waals surface area contributed by atoms with Crippen molar-refractivity contribution in [3.8, 4) is 5.75 Å². The van der Waals surface area contributed by atoms with Gasteiger partial charge in [0.2, 0.25) is 0 Å². The predicted molar refractivity (Wildman–Crippen MR) is 79.3 cm³/mol. The van der Waals surface area contributed by atoms with E-state index in [9.17, 15) is 8.78 Å². The first-order valence-electron chi connectivity index (χ1n) is 7.01. The zero-order valence-electron chi connectivity index (χ0n) is 12.0. The highest BCUT2D eigenvalue weighted by molar-refractivity contribution is 5.25. The van der Waals surface area contributed by atoms with E-state index in [-0.39, 0.29) is 17.7 Å². The van der Waals surface area contributed by atoms with Gasteiger partial charge in [0.05, 0.1) is 0 Å². The molecule has 1 unspecified atom stereocenters. The molecular formula is C17H19F2NO. The molecule has 0 saturated carbocycles. The quantitative estimate of drug-likeness (QED) is 0.776. The van der Waals surface area contributed by atoms with Crippen molar-refractivity contribution in [1.82, 2.24) is 5.32 Å². The van der Waals surface area contributed by atoms with Crippen LogP contribution in [-0.4, -0.2) is 13.6 Å². The maximum atomic E-state index is 13.4. The van der Waals surface area contributed by atoms with Crippen LogP contribution in [-0.2, 0) is 0 Å². The molecule has 0 aromatic heterocycles. The van der Waals surface area contributed by atoms with Crippen molar-refractivity contribution >= 4 is 0 Å². The van der Waals surface area contributed by atoms with Gasteiger partial charge in [-0.3, -0.25) is 0 Å². The maximum Gasteiger partial charge on any atom is 0.126 e. The molecule has 0 aliphatic heterocycles. The van der Waals surface area contributed by atoms with Crippen LogP contribution in [0, 0.1) is 11.6 Å². The summed E-state index contributed by atoms with van der Waals surface area (Å²) in [4.78, 5) is 0. The van der Waals surface area contributed by atoms with Gasteiger partial charge in [0.1, 0.15) is 23.5 Å². The Labute approximate surface area is 123 Å². The summed E-state index contributed by atoms with van der Waals surface area (Å²) >= 11 is 0. The van der Waals surface area contributed by atoms with E-state index in [0.717, 1.165) is 24.9 Å². The Morgan fingerprint density at radius 2 is 1.76 bits per heavy atom. The summed E-state index contributed by atoms with van der Waals surface area (Å²) in [6, 6.07) is 12.3. The predicted octanol–water partition coefficient (Wildman–Crippen LogP) is 4.08. The topological polar surface area (TPSA) is 21.3 Å². The van der Waals surface area contributed by atoms with Crippen LogP contribution in [0.1, 0.15) is 24.5 Å². The molecule has 0 bridgehead atoms. The Hall–Kier alpha value is -1.94. The van der Waals surface area contributed by atoms with E-state index >= 15 is 0 Å². The normalized spacial score (nSPS) is 12.1. The monoisotopic (exact) mass is 291 g/mol. The molecule has 0 radical (unpaired) electrons. The van der Waals surface area contributed by atoms with Gasteiger partial charge in [-0.05, 0) is 56.3 Å². The van der Waals surface area contributed by atoms with Crippen molar-refractivity contribution in [1.29, 1.82) is 0 Å². The average molecular weight is 291 g/mol. The summed E-state index contributed by atoms with van der Waals surface area (Å²) in [6.07, 6.45) is 1.31. The number of rotatable bonds is 7. The Morgan fingerprint density at radius 1 is 1.05 bits per heavy atom. The number of halogens is 2. The molecular weight excluding hydrogens is 272 g/mol. The number of hydrogen-bond acceptors (Lipinski definition) is 2. The van der Waals surface area contributed by atoms with Crippen molar-refractivity contribution in [2.24, 2.45) is 0 Å². The zero-order chi connectivity index (χ0) is 15.1. The molecule has 0 aliphatic carbocycles. The lowest BCUT2D eigenvalue weighted by Gasteiger charge is -2.20. The molecule has 1 atom stereocenters. The fraction of sp³-hybridized carbons (Fsp3) is 0.294. The second kappa shape index (κ2) is 7.74. The highest BCUT2D eigenvalue weighted by atomic mass is 19.1. The lowest BCUT2D eigenvalue weighted by atomic mass is 10.0. The Balaban J connectivity index is 2.15. The molecule has 0 amide bonds. The van der Waals surface area contributed by atoms with Gasteiger partial charge in [0.15, 0.2) is 0 Å². The first kappa shape index (κ1) is 15.4. The van der Waals surface area contributed by atoms with Crippen molar-refractivity contribution in [2.45, 2.75) is 18.9 Å². The van der Waals surface area contributed by atoms with Crippen molar-refractivity contribution in [3.05, 3.63) is 65.7 Å². The molecule has 2 aromatic carbocycles. The molecule has 112 valence electrons. The van der Waals surface area contributed by atoms with E-state index in [1.165, 1.54) is 24.3 Å². The van der Waals surface area contributed by atoms with Gasteiger partial charge < -0.3 is 10.1 Å². The minimum absolute atomic E-state index is 0.296. The third-order valence-electron chi connectivity index (χ3n) is 3.19. The summed E-state index contributed by atoms with van der Waals surface area (Å²) < 4.78 is 32.5. The van der Waals surface area contributed by atoms with Crippen molar-refractivity contribution in [3.63, 3.8) is 0 Å². The van der Waals surface area contributed by atoms with Crippen molar-refractivity contribution in [2.75, 3.05) is 13.6 Å². The van der Waals surface area contributed by atoms with E-state index in [1.807, 2.05) is 13.1 Å². The minimum Gasteiger partial charge on any atom is -0.486 e. The van der Waals surface area contributed by atoms with Gasteiger partial charge in [0.25, 0.3) is 0 Å². The van der Waals surface area contributed by atoms with Gasteiger partial charge >= 0.3 is 0 Å². The molecule has 1 N–H and O–H groups in total. The van der Waals surface area contributed by atoms with Crippen LogP contribution in [0.15, 0.2) is 48.5 Å². The largest absolute Gasteiger partial charge is 0.486 e. The number of hydrogen-bond donors (Lipinski definition) is 1. The number of nitrogens with one attached hydrogen (secondary N) is 1. The highest BCUT2D eigenvalue weighted by Gasteiger charge is 2.14. The Bertz CT molecular complexity index is 574. The molecule has 2 nitrogen and oxygen atoms in total. The summed E-state index contributed by atoms with van der Waals surface area (Å²) in [6.45, 7) is 0.846. The molecule has 0 saturated heterocycles. The van der Waals surface area contributed by atoms with Gasteiger partial charge in [0, 0.05) is 6.07 Å². The van der Waals surface area contributed by atoms with E-state index in [4.69, 9.17) is 4.74 Å². The van der Waals surface area contributed by atoms with Crippen LogP contribution in [0.3, 0.4) is 0 Å². The molecule has 0 spiro atoms. The summed E-state index contributed by atoms with van der Waals surface area (Å²) in [5.74, 6) is -0.191. The van der Waals surface area contributed by atoms with E-state index in [1.54, 1.807) is 18.2 Å². The van der Waals surface area contributed by atoms with Crippen LogP contribution in [0.2, 0.25) is 0 Å². The van der Waals surface area contributed by atoms with Gasteiger partial charge in [-0.2, -0.15) is 0 Å². The molecule has 2 rings (SSSR count). The summed E-state index contributed by atoms with van der Waals surface area (Å²) in [7, 11) is 1.88. The fourth-order valence-corrected chi connectivity index (χ4v) is 2.17. The molecule has 21 heavy (non-hydrogen) atoms. The molecule has 0 aliphatic rings. The van der Waals surface area contributed by atoms with Crippen LogP contribution in [0.5, 0.6) is 5.75 Å².